The predicted octanol–water partition coefficient (Wildman–Crippen LogP) is 2.56. The largest absolute Gasteiger partial charge is 0.497 e. The smallest absolute Gasteiger partial charge is 0.220 e. The van der Waals surface area contributed by atoms with Crippen LogP contribution in [0.2, 0.25) is 0 Å². The van der Waals surface area contributed by atoms with Gasteiger partial charge < -0.3 is 15.4 Å². The fourth-order valence-electron chi connectivity index (χ4n) is 2.70. The lowest BCUT2D eigenvalue weighted by molar-refractivity contribution is -0.121. The number of carbonyl (C=O) groups excluding carboxylic acids is 1. The first kappa shape index (κ1) is 18.8. The van der Waals surface area contributed by atoms with Crippen molar-refractivity contribution in [3.05, 3.63) is 29.8 Å². The van der Waals surface area contributed by atoms with Crippen LogP contribution in [0.4, 0.5) is 0 Å². The SMILES string of the molecule is COc1ccc(CCCNC(=O)CCC2CCNC2)cc1.Cl. The van der Waals surface area contributed by atoms with Crippen LogP contribution in [-0.2, 0) is 11.2 Å². The predicted molar refractivity (Wildman–Crippen MR) is 91.8 cm³/mol. The third kappa shape index (κ3) is 6.67. The molecule has 5 heteroatoms. The number of ether oxygens (including phenoxy) is 1. The molecular formula is C17H27ClN2O2. The number of methoxy groups -OCH3 is 1. The van der Waals surface area contributed by atoms with Crippen molar-refractivity contribution >= 4 is 18.3 Å². The Morgan fingerprint density at radius 2 is 2.14 bits per heavy atom. The number of amides is 1. The average molecular weight is 327 g/mol. The Hall–Kier alpha value is -1.26. The maximum atomic E-state index is 11.7. The van der Waals surface area contributed by atoms with Crippen LogP contribution in [0.25, 0.3) is 0 Å². The summed E-state index contributed by atoms with van der Waals surface area (Å²) in [5.74, 6) is 1.76. The number of aryl methyl sites for hydroxylation is 1. The van der Waals surface area contributed by atoms with Crippen LogP contribution in [0.5, 0.6) is 5.75 Å². The Morgan fingerprint density at radius 1 is 1.36 bits per heavy atom. The summed E-state index contributed by atoms with van der Waals surface area (Å²) < 4.78 is 5.13. The van der Waals surface area contributed by atoms with Gasteiger partial charge in [0.05, 0.1) is 7.11 Å². The number of benzene rings is 1. The lowest BCUT2D eigenvalue weighted by atomic mass is 10.0. The van der Waals surface area contributed by atoms with Crippen molar-refractivity contribution in [1.82, 2.24) is 10.6 Å². The Bertz CT molecular complexity index is 431. The monoisotopic (exact) mass is 326 g/mol. The van der Waals surface area contributed by atoms with E-state index in [0.29, 0.717) is 12.3 Å². The van der Waals surface area contributed by atoms with Gasteiger partial charge in [-0.25, -0.2) is 0 Å². The molecule has 0 aromatic heterocycles. The van der Waals surface area contributed by atoms with Crippen LogP contribution in [-0.4, -0.2) is 32.7 Å². The minimum Gasteiger partial charge on any atom is -0.497 e. The van der Waals surface area contributed by atoms with E-state index in [1.54, 1.807) is 7.11 Å². The van der Waals surface area contributed by atoms with Crippen LogP contribution in [0.15, 0.2) is 24.3 Å². The molecule has 1 saturated heterocycles. The molecule has 1 amide bonds. The minimum absolute atomic E-state index is 0. The quantitative estimate of drug-likeness (QED) is 0.722. The van der Waals surface area contributed by atoms with E-state index in [-0.39, 0.29) is 18.3 Å². The van der Waals surface area contributed by atoms with Crippen molar-refractivity contribution in [2.24, 2.45) is 5.92 Å². The number of nitrogens with one attached hydrogen (secondary N) is 2. The molecule has 1 aliphatic heterocycles. The average Bonchev–Trinajstić information content (AvgIpc) is 3.03. The molecule has 0 spiro atoms. The summed E-state index contributed by atoms with van der Waals surface area (Å²) in [4.78, 5) is 11.7. The van der Waals surface area contributed by atoms with Gasteiger partial charge in [0, 0.05) is 13.0 Å². The van der Waals surface area contributed by atoms with Crippen molar-refractivity contribution in [3.8, 4) is 5.75 Å². The Morgan fingerprint density at radius 3 is 2.77 bits per heavy atom. The third-order valence-corrected chi connectivity index (χ3v) is 4.07. The number of hydrogen-bond acceptors (Lipinski definition) is 3. The van der Waals surface area contributed by atoms with Gasteiger partial charge in [-0.15, -0.1) is 12.4 Å². The zero-order chi connectivity index (χ0) is 14.9. The molecule has 2 rings (SSSR count). The van der Waals surface area contributed by atoms with Crippen molar-refractivity contribution in [1.29, 1.82) is 0 Å². The fourth-order valence-corrected chi connectivity index (χ4v) is 2.70. The number of carbonyl (C=O) groups is 1. The molecular weight excluding hydrogens is 300 g/mol. The summed E-state index contributed by atoms with van der Waals surface area (Å²) in [6.45, 7) is 2.94. The van der Waals surface area contributed by atoms with E-state index in [4.69, 9.17) is 4.74 Å². The van der Waals surface area contributed by atoms with Gasteiger partial charge in [0.25, 0.3) is 0 Å². The highest BCUT2D eigenvalue weighted by Gasteiger charge is 2.15. The van der Waals surface area contributed by atoms with Crippen molar-refractivity contribution in [2.45, 2.75) is 32.1 Å². The van der Waals surface area contributed by atoms with Gasteiger partial charge >= 0.3 is 0 Å². The van der Waals surface area contributed by atoms with Gasteiger partial charge in [0.15, 0.2) is 0 Å². The van der Waals surface area contributed by atoms with E-state index >= 15 is 0 Å². The first-order valence-electron chi connectivity index (χ1n) is 7.88. The van der Waals surface area contributed by atoms with Crippen LogP contribution in [0, 0.1) is 5.92 Å². The molecule has 1 aliphatic rings. The molecule has 0 bridgehead atoms. The molecule has 22 heavy (non-hydrogen) atoms. The number of rotatable bonds is 8. The van der Waals surface area contributed by atoms with Crippen molar-refractivity contribution < 1.29 is 9.53 Å². The molecule has 2 N–H and O–H groups in total. The maximum absolute atomic E-state index is 11.7. The Kier molecular flexibility index (Phi) is 8.94. The summed E-state index contributed by atoms with van der Waals surface area (Å²) in [6, 6.07) is 8.11. The minimum atomic E-state index is 0. The third-order valence-electron chi connectivity index (χ3n) is 4.07. The highest BCUT2D eigenvalue weighted by Crippen LogP contribution is 2.14. The normalized spacial score (nSPS) is 16.9. The molecule has 0 radical (unpaired) electrons. The lowest BCUT2D eigenvalue weighted by Gasteiger charge is -2.09. The van der Waals surface area contributed by atoms with E-state index in [2.05, 4.69) is 22.8 Å². The fraction of sp³-hybridized carbons (Fsp3) is 0.588. The van der Waals surface area contributed by atoms with Crippen molar-refractivity contribution in [3.63, 3.8) is 0 Å². The second kappa shape index (κ2) is 10.5. The van der Waals surface area contributed by atoms with Gasteiger partial charge in [0.1, 0.15) is 5.75 Å². The maximum Gasteiger partial charge on any atom is 0.220 e. The standard InChI is InChI=1S/C17H26N2O2.ClH/c1-21-16-7-4-14(5-8-16)3-2-11-19-17(20)9-6-15-10-12-18-13-15;/h4-5,7-8,15,18H,2-3,6,9-13H2,1H3,(H,19,20);1H. The summed E-state index contributed by atoms with van der Waals surface area (Å²) in [5, 5.41) is 6.35. The van der Waals surface area contributed by atoms with Crippen molar-refractivity contribution in [2.75, 3.05) is 26.7 Å². The summed E-state index contributed by atoms with van der Waals surface area (Å²) in [6.07, 6.45) is 4.84. The molecule has 1 heterocycles. The van der Waals surface area contributed by atoms with Crippen LogP contribution < -0.4 is 15.4 Å². The number of hydrogen-bond donors (Lipinski definition) is 2. The molecule has 4 nitrogen and oxygen atoms in total. The van der Waals surface area contributed by atoms with Gasteiger partial charge in [0.2, 0.25) is 5.91 Å². The van der Waals surface area contributed by atoms with Gasteiger partial charge in [-0.05, 0) is 62.4 Å². The van der Waals surface area contributed by atoms with E-state index in [9.17, 15) is 4.79 Å². The molecule has 1 unspecified atom stereocenters. The zero-order valence-electron chi connectivity index (χ0n) is 13.3. The molecule has 0 aliphatic carbocycles. The van der Waals surface area contributed by atoms with E-state index in [1.807, 2.05) is 12.1 Å². The molecule has 1 atom stereocenters. The molecule has 1 aromatic rings. The molecule has 124 valence electrons. The van der Waals surface area contributed by atoms with Gasteiger partial charge in [-0.2, -0.15) is 0 Å². The molecule has 0 saturated carbocycles. The van der Waals surface area contributed by atoms with Crippen LogP contribution >= 0.6 is 12.4 Å². The second-order valence-corrected chi connectivity index (χ2v) is 5.70. The molecule has 1 fully saturated rings. The van der Waals surface area contributed by atoms with Crippen LogP contribution in [0.1, 0.15) is 31.2 Å². The zero-order valence-corrected chi connectivity index (χ0v) is 14.1. The highest BCUT2D eigenvalue weighted by molar-refractivity contribution is 5.85. The van der Waals surface area contributed by atoms with Crippen LogP contribution in [0.3, 0.4) is 0 Å². The number of halogens is 1. The van der Waals surface area contributed by atoms with E-state index in [1.165, 1.54) is 12.0 Å². The Balaban J connectivity index is 0.00000242. The van der Waals surface area contributed by atoms with Gasteiger partial charge in [-0.1, -0.05) is 12.1 Å². The summed E-state index contributed by atoms with van der Waals surface area (Å²) >= 11 is 0. The second-order valence-electron chi connectivity index (χ2n) is 5.70. The summed E-state index contributed by atoms with van der Waals surface area (Å²) in [7, 11) is 1.67. The molecule has 1 aromatic carbocycles. The van der Waals surface area contributed by atoms with E-state index < -0.39 is 0 Å². The van der Waals surface area contributed by atoms with E-state index in [0.717, 1.165) is 44.6 Å². The lowest BCUT2D eigenvalue weighted by Crippen LogP contribution is -2.25. The Labute approximate surface area is 139 Å². The van der Waals surface area contributed by atoms with Gasteiger partial charge in [-0.3, -0.25) is 4.79 Å². The first-order chi connectivity index (χ1) is 10.3. The first-order valence-corrected chi connectivity index (χ1v) is 7.88. The topological polar surface area (TPSA) is 50.4 Å². The highest BCUT2D eigenvalue weighted by atomic mass is 35.5. The summed E-state index contributed by atoms with van der Waals surface area (Å²) in [5.41, 5.74) is 1.28.